The molecule has 0 fully saturated rings. The summed E-state index contributed by atoms with van der Waals surface area (Å²) in [4.78, 5) is 25.7. The molecule has 6 nitrogen and oxygen atoms in total. The van der Waals surface area contributed by atoms with Crippen molar-refractivity contribution >= 4 is 40.4 Å². The summed E-state index contributed by atoms with van der Waals surface area (Å²) in [6.07, 6.45) is 4.45. The first kappa shape index (κ1) is 17.4. The van der Waals surface area contributed by atoms with Crippen molar-refractivity contribution in [2.75, 3.05) is 20.1 Å². The van der Waals surface area contributed by atoms with E-state index in [9.17, 15) is 9.59 Å². The Morgan fingerprint density at radius 3 is 2.43 bits per heavy atom. The molecule has 0 saturated heterocycles. The van der Waals surface area contributed by atoms with Gasteiger partial charge in [0.2, 0.25) is 0 Å². The van der Waals surface area contributed by atoms with Crippen LogP contribution < -0.4 is 0 Å². The zero-order valence-electron chi connectivity index (χ0n) is 11.3. The summed E-state index contributed by atoms with van der Waals surface area (Å²) in [5, 5.41) is 15.6. The molecule has 0 unspecified atom stereocenters. The molecule has 0 aromatic carbocycles. The highest BCUT2D eigenvalue weighted by Crippen LogP contribution is 2.28. The van der Waals surface area contributed by atoms with Gasteiger partial charge in [-0.2, -0.15) is 0 Å². The first-order chi connectivity index (χ1) is 9.90. The van der Waals surface area contributed by atoms with Gasteiger partial charge in [-0.25, -0.2) is 14.6 Å². The van der Waals surface area contributed by atoms with Gasteiger partial charge in [-0.15, -0.1) is 11.3 Å². The first-order valence-electron chi connectivity index (χ1n) is 6.01. The maximum atomic E-state index is 9.55. The van der Waals surface area contributed by atoms with Crippen LogP contribution in [0.25, 0.3) is 5.57 Å². The van der Waals surface area contributed by atoms with Gasteiger partial charge in [-0.1, -0.05) is 17.7 Å². The van der Waals surface area contributed by atoms with Crippen molar-refractivity contribution in [2.24, 2.45) is 0 Å². The van der Waals surface area contributed by atoms with Crippen molar-refractivity contribution < 1.29 is 19.8 Å². The lowest BCUT2D eigenvalue weighted by molar-refractivity contribution is -0.134. The van der Waals surface area contributed by atoms with Crippen LogP contribution in [-0.2, 0) is 9.59 Å². The largest absolute Gasteiger partial charge is 0.478 e. The SMILES string of the molecule is CN1CCC=C(c2ncsc2Cl)C1.O=C(O)/C=C/C(=O)O. The highest BCUT2D eigenvalue weighted by Gasteiger charge is 2.14. The quantitative estimate of drug-likeness (QED) is 0.826. The predicted octanol–water partition coefficient (Wildman–Crippen LogP) is 2.23. The molecule has 0 atom stereocenters. The zero-order chi connectivity index (χ0) is 15.8. The summed E-state index contributed by atoms with van der Waals surface area (Å²) < 4.78 is 0.807. The van der Waals surface area contributed by atoms with Crippen molar-refractivity contribution in [3.05, 3.63) is 33.8 Å². The molecule has 0 radical (unpaired) electrons. The minimum Gasteiger partial charge on any atom is -0.478 e. The first-order valence-corrected chi connectivity index (χ1v) is 7.26. The average Bonchev–Trinajstić information content (AvgIpc) is 2.83. The van der Waals surface area contributed by atoms with Gasteiger partial charge in [0.15, 0.2) is 0 Å². The predicted molar refractivity (Wildman–Crippen MR) is 81.6 cm³/mol. The van der Waals surface area contributed by atoms with Crippen molar-refractivity contribution in [1.82, 2.24) is 9.88 Å². The normalized spacial score (nSPS) is 15.2. The zero-order valence-corrected chi connectivity index (χ0v) is 12.9. The minimum absolute atomic E-state index is 0.558. The molecule has 0 saturated carbocycles. The number of aliphatic carboxylic acids is 2. The summed E-state index contributed by atoms with van der Waals surface area (Å²) in [6, 6.07) is 0. The second-order valence-corrected chi connectivity index (χ2v) is 5.70. The Kier molecular flexibility index (Phi) is 7.07. The van der Waals surface area contributed by atoms with Gasteiger partial charge >= 0.3 is 11.9 Å². The van der Waals surface area contributed by atoms with Crippen LogP contribution >= 0.6 is 22.9 Å². The number of nitrogens with zero attached hydrogens (tertiary/aromatic N) is 2. The van der Waals surface area contributed by atoms with Crippen LogP contribution in [-0.4, -0.2) is 52.2 Å². The van der Waals surface area contributed by atoms with E-state index in [0.29, 0.717) is 12.2 Å². The van der Waals surface area contributed by atoms with Crippen molar-refractivity contribution in [2.45, 2.75) is 6.42 Å². The molecule has 8 heteroatoms. The monoisotopic (exact) mass is 330 g/mol. The van der Waals surface area contributed by atoms with Gasteiger partial charge in [0.25, 0.3) is 0 Å². The van der Waals surface area contributed by atoms with E-state index in [1.54, 1.807) is 5.51 Å². The lowest BCUT2D eigenvalue weighted by Gasteiger charge is -2.21. The van der Waals surface area contributed by atoms with Crippen LogP contribution in [0.2, 0.25) is 4.34 Å². The van der Waals surface area contributed by atoms with Crippen LogP contribution in [0, 0.1) is 0 Å². The number of likely N-dealkylation sites (N-methyl/N-ethyl adjacent to an activating group) is 1. The van der Waals surface area contributed by atoms with E-state index in [1.165, 1.54) is 16.9 Å². The number of carbonyl (C=O) groups is 2. The van der Waals surface area contributed by atoms with Crippen molar-refractivity contribution in [3.63, 3.8) is 0 Å². The third kappa shape index (κ3) is 6.52. The lowest BCUT2D eigenvalue weighted by atomic mass is 10.1. The third-order valence-corrected chi connectivity index (χ3v) is 3.60. The molecule has 1 aromatic rings. The number of thiazole rings is 1. The number of carboxylic acids is 2. The van der Waals surface area contributed by atoms with Gasteiger partial charge in [0.1, 0.15) is 4.34 Å². The number of rotatable bonds is 3. The number of carboxylic acid groups (broad SMARTS) is 2. The number of halogens is 1. The van der Waals surface area contributed by atoms with Crippen LogP contribution in [0.15, 0.2) is 23.7 Å². The Hall–Kier alpha value is -1.70. The van der Waals surface area contributed by atoms with E-state index < -0.39 is 11.9 Å². The van der Waals surface area contributed by atoms with Gasteiger partial charge < -0.3 is 15.1 Å². The molecule has 2 rings (SSSR count). The van der Waals surface area contributed by atoms with Crippen molar-refractivity contribution in [3.8, 4) is 0 Å². The number of hydrogen-bond donors (Lipinski definition) is 2. The Morgan fingerprint density at radius 1 is 1.38 bits per heavy atom. The second-order valence-electron chi connectivity index (χ2n) is 4.24. The Morgan fingerprint density at radius 2 is 2.00 bits per heavy atom. The molecule has 0 bridgehead atoms. The van der Waals surface area contributed by atoms with Crippen LogP contribution in [0.5, 0.6) is 0 Å². The maximum absolute atomic E-state index is 9.55. The third-order valence-electron chi connectivity index (χ3n) is 2.54. The topological polar surface area (TPSA) is 90.7 Å². The molecule has 1 aliphatic heterocycles. The molecule has 1 aromatic heterocycles. The fourth-order valence-electron chi connectivity index (χ4n) is 1.65. The smallest absolute Gasteiger partial charge is 0.328 e. The second kappa shape index (κ2) is 8.56. The summed E-state index contributed by atoms with van der Waals surface area (Å²) >= 11 is 7.51. The fourth-order valence-corrected chi connectivity index (χ4v) is 2.48. The Balaban J connectivity index is 0.000000240. The molecular weight excluding hydrogens is 316 g/mol. The molecule has 0 amide bonds. The van der Waals surface area contributed by atoms with Gasteiger partial charge in [0.05, 0.1) is 11.2 Å². The average molecular weight is 331 g/mol. The number of hydrogen-bond acceptors (Lipinski definition) is 5. The highest BCUT2D eigenvalue weighted by molar-refractivity contribution is 7.14. The molecule has 21 heavy (non-hydrogen) atoms. The van der Waals surface area contributed by atoms with E-state index in [-0.39, 0.29) is 0 Å². The molecule has 2 N–H and O–H groups in total. The van der Waals surface area contributed by atoms with Gasteiger partial charge in [-0.05, 0) is 19.0 Å². The van der Waals surface area contributed by atoms with Crippen LogP contribution in [0.4, 0.5) is 0 Å². The van der Waals surface area contributed by atoms with E-state index in [1.807, 2.05) is 0 Å². The molecule has 114 valence electrons. The Bertz CT molecular complexity index is 552. The molecule has 0 aliphatic carbocycles. The standard InChI is InChI=1S/C9H11ClN2S.C4H4O4/c1-12-4-2-3-7(5-12)8-9(10)13-6-11-8;5-3(6)1-2-4(7)8/h3,6H,2,4-5H2,1H3;1-2H,(H,5,6)(H,7,8)/b;2-1+. The van der Waals surface area contributed by atoms with E-state index in [2.05, 4.69) is 23.0 Å². The van der Waals surface area contributed by atoms with Crippen molar-refractivity contribution in [1.29, 1.82) is 0 Å². The van der Waals surface area contributed by atoms with Gasteiger partial charge in [-0.3, -0.25) is 0 Å². The molecule has 1 aliphatic rings. The number of aromatic nitrogens is 1. The summed E-state index contributed by atoms with van der Waals surface area (Å²) in [5.74, 6) is -2.51. The summed E-state index contributed by atoms with van der Waals surface area (Å²) in [6.45, 7) is 2.09. The van der Waals surface area contributed by atoms with Gasteiger partial charge in [0, 0.05) is 25.2 Å². The maximum Gasteiger partial charge on any atom is 0.328 e. The Labute approximate surface area is 131 Å². The summed E-state index contributed by atoms with van der Waals surface area (Å²) in [5.41, 5.74) is 4.03. The van der Waals surface area contributed by atoms with E-state index in [4.69, 9.17) is 21.8 Å². The molecule has 2 heterocycles. The van der Waals surface area contributed by atoms with Crippen LogP contribution in [0.3, 0.4) is 0 Å². The molecule has 0 spiro atoms. The minimum atomic E-state index is -1.26. The van der Waals surface area contributed by atoms with Crippen LogP contribution in [0.1, 0.15) is 12.1 Å². The summed E-state index contributed by atoms with van der Waals surface area (Å²) in [7, 11) is 2.12. The van der Waals surface area contributed by atoms with E-state index in [0.717, 1.165) is 29.5 Å². The molecular formula is C13H15ClN2O4S. The fraction of sp³-hybridized carbons (Fsp3) is 0.308. The van der Waals surface area contributed by atoms with E-state index >= 15 is 0 Å². The highest BCUT2D eigenvalue weighted by atomic mass is 35.5. The lowest BCUT2D eigenvalue weighted by Crippen LogP contribution is -2.25.